The van der Waals surface area contributed by atoms with E-state index in [9.17, 15) is 10.1 Å². The molecule has 7 heteroatoms. The minimum Gasteiger partial charge on any atom is -0.360 e. The molecule has 1 fully saturated rings. The van der Waals surface area contributed by atoms with E-state index < -0.39 is 4.92 Å². The van der Waals surface area contributed by atoms with Gasteiger partial charge in [-0.05, 0) is 46.3 Å². The number of benzene rings is 1. The molecule has 0 amide bonds. The Morgan fingerprint density at radius 3 is 2.84 bits per heavy atom. The van der Waals surface area contributed by atoms with Gasteiger partial charge in [0.15, 0.2) is 0 Å². The molecule has 134 valence electrons. The number of anilines is 1. The lowest BCUT2D eigenvalue weighted by Gasteiger charge is -2.31. The van der Waals surface area contributed by atoms with E-state index in [4.69, 9.17) is 0 Å². The van der Waals surface area contributed by atoms with Crippen molar-refractivity contribution in [3.8, 4) is 0 Å². The van der Waals surface area contributed by atoms with Crippen LogP contribution in [0.4, 0.5) is 11.6 Å². The first-order valence-corrected chi connectivity index (χ1v) is 8.73. The molecule has 25 heavy (non-hydrogen) atoms. The minimum atomic E-state index is -0.455. The number of imidazole rings is 1. The first kappa shape index (κ1) is 17.4. The molecule has 2 heterocycles. The van der Waals surface area contributed by atoms with Gasteiger partial charge in [-0.25, -0.2) is 0 Å². The van der Waals surface area contributed by atoms with Crippen LogP contribution in [-0.4, -0.2) is 32.5 Å². The lowest BCUT2D eigenvalue weighted by molar-refractivity contribution is -0.388. The standard InChI is InChI=1S/C18H25N5O2/c1-14-6-5-9-22(11-14)12-16-8-4-3-7-15(16)10-19-17-18(23(24)25)20-13-21(17)2/h3-4,7-8,13-14,19H,5-6,9-12H2,1-2H3. The van der Waals surface area contributed by atoms with E-state index >= 15 is 0 Å². The molecule has 1 saturated heterocycles. The van der Waals surface area contributed by atoms with E-state index in [0.717, 1.165) is 31.1 Å². The Kier molecular flexibility index (Phi) is 5.33. The van der Waals surface area contributed by atoms with Crippen molar-refractivity contribution in [3.63, 3.8) is 0 Å². The van der Waals surface area contributed by atoms with Crippen LogP contribution in [-0.2, 0) is 20.1 Å². The fourth-order valence-corrected chi connectivity index (χ4v) is 3.49. The first-order chi connectivity index (χ1) is 12.0. The molecule has 0 aliphatic carbocycles. The van der Waals surface area contributed by atoms with Crippen LogP contribution >= 0.6 is 0 Å². The van der Waals surface area contributed by atoms with Gasteiger partial charge in [-0.2, -0.15) is 0 Å². The summed E-state index contributed by atoms with van der Waals surface area (Å²) < 4.78 is 1.65. The Hall–Kier alpha value is -2.41. The number of hydrogen-bond acceptors (Lipinski definition) is 5. The SMILES string of the molecule is CC1CCCN(Cc2ccccc2CNc2c([N+](=O)[O-])ncn2C)C1. The van der Waals surface area contributed by atoms with Gasteiger partial charge >= 0.3 is 5.82 Å². The molecule has 1 unspecified atom stereocenters. The number of likely N-dealkylation sites (tertiary alicyclic amines) is 1. The van der Waals surface area contributed by atoms with Crippen molar-refractivity contribution in [2.24, 2.45) is 13.0 Å². The summed E-state index contributed by atoms with van der Waals surface area (Å²) in [5.41, 5.74) is 2.44. The Bertz CT molecular complexity index is 743. The molecule has 1 aliphatic rings. The van der Waals surface area contributed by atoms with Crippen LogP contribution in [0.25, 0.3) is 0 Å². The Morgan fingerprint density at radius 2 is 2.12 bits per heavy atom. The Balaban J connectivity index is 1.71. The van der Waals surface area contributed by atoms with Gasteiger partial charge in [0.25, 0.3) is 0 Å². The third-order valence-electron chi connectivity index (χ3n) is 4.79. The molecule has 1 aromatic carbocycles. The zero-order valence-corrected chi connectivity index (χ0v) is 14.8. The van der Waals surface area contributed by atoms with Gasteiger partial charge in [-0.1, -0.05) is 31.2 Å². The molecule has 1 N–H and O–H groups in total. The fourth-order valence-electron chi connectivity index (χ4n) is 3.49. The van der Waals surface area contributed by atoms with E-state index in [1.807, 2.05) is 6.07 Å². The Morgan fingerprint density at radius 1 is 1.36 bits per heavy atom. The van der Waals surface area contributed by atoms with Crippen LogP contribution in [0.1, 0.15) is 30.9 Å². The third kappa shape index (κ3) is 4.17. The lowest BCUT2D eigenvalue weighted by atomic mass is 9.99. The zero-order chi connectivity index (χ0) is 17.8. The molecule has 0 radical (unpaired) electrons. The second-order valence-electron chi connectivity index (χ2n) is 6.89. The molecule has 2 aromatic rings. The maximum Gasteiger partial charge on any atom is 0.406 e. The van der Waals surface area contributed by atoms with Gasteiger partial charge in [0.2, 0.25) is 12.1 Å². The van der Waals surface area contributed by atoms with E-state index in [1.165, 1.54) is 24.7 Å². The predicted octanol–water partition coefficient (Wildman–Crippen LogP) is 3.17. The first-order valence-electron chi connectivity index (χ1n) is 8.73. The van der Waals surface area contributed by atoms with E-state index in [-0.39, 0.29) is 5.82 Å². The molecule has 1 aromatic heterocycles. The summed E-state index contributed by atoms with van der Waals surface area (Å²) in [7, 11) is 1.75. The molecular formula is C18H25N5O2. The van der Waals surface area contributed by atoms with E-state index in [1.54, 1.807) is 11.6 Å². The van der Waals surface area contributed by atoms with Crippen LogP contribution in [0.5, 0.6) is 0 Å². The summed E-state index contributed by atoms with van der Waals surface area (Å²) in [6, 6.07) is 8.29. The van der Waals surface area contributed by atoms with E-state index in [2.05, 4.69) is 40.3 Å². The van der Waals surface area contributed by atoms with E-state index in [0.29, 0.717) is 12.4 Å². The third-order valence-corrected chi connectivity index (χ3v) is 4.79. The number of piperidine rings is 1. The second-order valence-corrected chi connectivity index (χ2v) is 6.89. The largest absolute Gasteiger partial charge is 0.406 e. The van der Waals surface area contributed by atoms with Gasteiger partial charge in [0.05, 0.1) is 0 Å². The number of aromatic nitrogens is 2. The predicted molar refractivity (Wildman–Crippen MR) is 97.3 cm³/mol. The van der Waals surface area contributed by atoms with Gasteiger partial charge in [-0.3, -0.25) is 9.47 Å². The average molecular weight is 343 g/mol. The molecule has 1 aliphatic heterocycles. The Labute approximate surface area is 147 Å². The van der Waals surface area contributed by atoms with Crippen molar-refractivity contribution in [1.82, 2.24) is 14.5 Å². The summed E-state index contributed by atoms with van der Waals surface area (Å²) in [5.74, 6) is 1.05. The number of rotatable bonds is 6. The number of nitrogens with one attached hydrogen (secondary N) is 1. The van der Waals surface area contributed by atoms with Crippen LogP contribution in [0.2, 0.25) is 0 Å². The molecule has 0 saturated carbocycles. The van der Waals surface area contributed by atoms with Gasteiger partial charge in [0, 0.05) is 26.7 Å². The number of nitro groups is 1. The average Bonchev–Trinajstić information content (AvgIpc) is 2.95. The topological polar surface area (TPSA) is 76.2 Å². The molecule has 0 spiro atoms. The highest BCUT2D eigenvalue weighted by molar-refractivity contribution is 5.52. The van der Waals surface area contributed by atoms with Crippen LogP contribution in [0.15, 0.2) is 30.6 Å². The van der Waals surface area contributed by atoms with Crippen molar-refractivity contribution in [2.75, 3.05) is 18.4 Å². The number of nitrogens with zero attached hydrogens (tertiary/aromatic N) is 4. The normalized spacial score (nSPS) is 18.2. The zero-order valence-electron chi connectivity index (χ0n) is 14.8. The minimum absolute atomic E-state index is 0.134. The summed E-state index contributed by atoms with van der Waals surface area (Å²) in [5, 5.41) is 14.3. The van der Waals surface area contributed by atoms with Crippen LogP contribution in [0, 0.1) is 16.0 Å². The van der Waals surface area contributed by atoms with Crippen molar-refractivity contribution in [1.29, 1.82) is 0 Å². The second kappa shape index (κ2) is 7.65. The van der Waals surface area contributed by atoms with Crippen molar-refractivity contribution in [2.45, 2.75) is 32.9 Å². The molecule has 1 atom stereocenters. The van der Waals surface area contributed by atoms with Crippen molar-refractivity contribution in [3.05, 3.63) is 51.8 Å². The van der Waals surface area contributed by atoms with Gasteiger partial charge in [-0.15, -0.1) is 0 Å². The number of hydrogen-bond donors (Lipinski definition) is 1. The number of aryl methyl sites for hydroxylation is 1. The van der Waals surface area contributed by atoms with Crippen LogP contribution < -0.4 is 5.32 Å². The van der Waals surface area contributed by atoms with Gasteiger partial charge < -0.3 is 15.4 Å². The molecule has 3 rings (SSSR count). The van der Waals surface area contributed by atoms with Crippen LogP contribution in [0.3, 0.4) is 0 Å². The molecular weight excluding hydrogens is 318 g/mol. The monoisotopic (exact) mass is 343 g/mol. The van der Waals surface area contributed by atoms with Gasteiger partial charge in [0.1, 0.15) is 0 Å². The maximum absolute atomic E-state index is 11.1. The van der Waals surface area contributed by atoms with Crippen molar-refractivity contribution >= 4 is 11.6 Å². The summed E-state index contributed by atoms with van der Waals surface area (Å²) in [4.78, 5) is 17.0. The lowest BCUT2D eigenvalue weighted by Crippen LogP contribution is -2.34. The fraction of sp³-hybridized carbons (Fsp3) is 0.500. The summed E-state index contributed by atoms with van der Waals surface area (Å²) in [6.45, 7) is 6.05. The maximum atomic E-state index is 11.1. The summed E-state index contributed by atoms with van der Waals surface area (Å²) >= 11 is 0. The molecule has 7 nitrogen and oxygen atoms in total. The summed E-state index contributed by atoms with van der Waals surface area (Å²) in [6.07, 6.45) is 4.02. The molecule has 0 bridgehead atoms. The highest BCUT2D eigenvalue weighted by Crippen LogP contribution is 2.23. The highest BCUT2D eigenvalue weighted by Gasteiger charge is 2.20. The quantitative estimate of drug-likeness (QED) is 0.644. The van der Waals surface area contributed by atoms with Crippen molar-refractivity contribution < 1.29 is 4.92 Å². The highest BCUT2D eigenvalue weighted by atomic mass is 16.6. The smallest absolute Gasteiger partial charge is 0.360 e.